The van der Waals surface area contributed by atoms with Gasteiger partial charge in [-0.2, -0.15) is 5.10 Å². The molecule has 0 aliphatic heterocycles. The predicted octanol–water partition coefficient (Wildman–Crippen LogP) is 2.69. The summed E-state index contributed by atoms with van der Waals surface area (Å²) in [4.78, 5) is 30.6. The highest BCUT2D eigenvalue weighted by Crippen LogP contribution is 2.31. The average molecular weight is 457 g/mol. The van der Waals surface area contributed by atoms with E-state index >= 15 is 0 Å². The van der Waals surface area contributed by atoms with Crippen molar-refractivity contribution in [2.24, 2.45) is 0 Å². The highest BCUT2D eigenvalue weighted by Gasteiger charge is 2.22. The maximum absolute atomic E-state index is 13.7. The van der Waals surface area contributed by atoms with Gasteiger partial charge in [-0.15, -0.1) is 0 Å². The standard InChI is InChI=1S/C23H25F2N5O3/c1-29(13-17(31)12-27-22(32)20-18(24)7-4-8-19(20)25)23(33)15-9-14-11-28-30(21(14)26-10-15)16-5-2-3-6-16/h4,7-11,16-17,31H,2-3,5-6,12-13H2,1H3,(H,27,32). The van der Waals surface area contributed by atoms with Gasteiger partial charge in [-0.1, -0.05) is 18.9 Å². The highest BCUT2D eigenvalue weighted by atomic mass is 19.1. The molecule has 8 nitrogen and oxygen atoms in total. The second kappa shape index (κ2) is 9.62. The van der Waals surface area contributed by atoms with Gasteiger partial charge in [0, 0.05) is 31.7 Å². The van der Waals surface area contributed by atoms with E-state index in [0.717, 1.165) is 42.1 Å². The van der Waals surface area contributed by atoms with Crippen molar-refractivity contribution in [2.75, 3.05) is 20.1 Å². The van der Waals surface area contributed by atoms with Gasteiger partial charge >= 0.3 is 0 Å². The van der Waals surface area contributed by atoms with Crippen molar-refractivity contribution in [3.8, 4) is 0 Å². The van der Waals surface area contributed by atoms with Gasteiger partial charge in [0.05, 0.1) is 23.9 Å². The lowest BCUT2D eigenvalue weighted by atomic mass is 10.1. The lowest BCUT2D eigenvalue weighted by Gasteiger charge is -2.21. The van der Waals surface area contributed by atoms with Crippen LogP contribution in [-0.4, -0.2) is 62.8 Å². The van der Waals surface area contributed by atoms with E-state index in [-0.39, 0.29) is 19.0 Å². The first-order valence-corrected chi connectivity index (χ1v) is 10.8. The molecule has 33 heavy (non-hydrogen) atoms. The smallest absolute Gasteiger partial charge is 0.257 e. The maximum atomic E-state index is 13.7. The summed E-state index contributed by atoms with van der Waals surface area (Å²) in [5.74, 6) is -3.32. The third-order valence-electron chi connectivity index (χ3n) is 5.87. The number of fused-ring (bicyclic) bond motifs is 1. The number of halogens is 2. The van der Waals surface area contributed by atoms with Gasteiger partial charge in [0.2, 0.25) is 0 Å². The number of carbonyl (C=O) groups is 2. The van der Waals surface area contributed by atoms with Crippen molar-refractivity contribution in [3.63, 3.8) is 0 Å². The number of nitrogens with one attached hydrogen (secondary N) is 1. The Hall–Kier alpha value is -3.40. The summed E-state index contributed by atoms with van der Waals surface area (Å²) in [6.45, 7) is -0.381. The molecule has 1 saturated carbocycles. The monoisotopic (exact) mass is 457 g/mol. The van der Waals surface area contributed by atoms with Crippen LogP contribution in [0.4, 0.5) is 8.78 Å². The first-order chi connectivity index (χ1) is 15.8. The number of aromatic nitrogens is 3. The predicted molar refractivity (Wildman–Crippen MR) is 117 cm³/mol. The number of nitrogens with zero attached hydrogens (tertiary/aromatic N) is 4. The summed E-state index contributed by atoms with van der Waals surface area (Å²) in [5, 5.41) is 17.7. The van der Waals surface area contributed by atoms with Crippen molar-refractivity contribution in [2.45, 2.75) is 37.8 Å². The number of aliphatic hydroxyl groups excluding tert-OH is 1. The minimum absolute atomic E-state index is 0.0990. The molecule has 3 aromatic rings. The molecule has 174 valence electrons. The summed E-state index contributed by atoms with van der Waals surface area (Å²) in [5.41, 5.74) is 0.372. The zero-order valence-corrected chi connectivity index (χ0v) is 18.2. The van der Waals surface area contributed by atoms with Gasteiger partial charge in [0.1, 0.15) is 17.2 Å². The largest absolute Gasteiger partial charge is 0.389 e. The molecular formula is C23H25F2N5O3. The first-order valence-electron chi connectivity index (χ1n) is 10.8. The molecule has 1 aromatic carbocycles. The van der Waals surface area contributed by atoms with E-state index in [0.29, 0.717) is 11.6 Å². The topological polar surface area (TPSA) is 100 Å². The lowest BCUT2D eigenvalue weighted by Crippen LogP contribution is -2.41. The molecule has 4 rings (SSSR count). The zero-order valence-electron chi connectivity index (χ0n) is 18.2. The van der Waals surface area contributed by atoms with E-state index in [4.69, 9.17) is 0 Å². The number of carbonyl (C=O) groups excluding carboxylic acids is 2. The fourth-order valence-corrected chi connectivity index (χ4v) is 4.17. The summed E-state index contributed by atoms with van der Waals surface area (Å²) < 4.78 is 29.3. The van der Waals surface area contributed by atoms with Crippen LogP contribution in [0.1, 0.15) is 52.4 Å². The second-order valence-electron chi connectivity index (χ2n) is 8.31. The van der Waals surface area contributed by atoms with Crippen LogP contribution in [-0.2, 0) is 0 Å². The third-order valence-corrected chi connectivity index (χ3v) is 5.87. The molecule has 0 bridgehead atoms. The molecule has 2 aromatic heterocycles. The molecule has 2 heterocycles. The molecule has 1 unspecified atom stereocenters. The van der Waals surface area contributed by atoms with Crippen molar-refractivity contribution in [1.29, 1.82) is 0 Å². The first kappa shape index (κ1) is 22.8. The van der Waals surface area contributed by atoms with Gasteiger partial charge < -0.3 is 15.3 Å². The van der Waals surface area contributed by atoms with Crippen molar-refractivity contribution in [1.82, 2.24) is 25.0 Å². The quantitative estimate of drug-likeness (QED) is 0.568. The summed E-state index contributed by atoms with van der Waals surface area (Å²) >= 11 is 0. The molecule has 2 N–H and O–H groups in total. The maximum Gasteiger partial charge on any atom is 0.257 e. The van der Waals surface area contributed by atoms with Gasteiger partial charge in [0.15, 0.2) is 5.65 Å². The molecule has 10 heteroatoms. The summed E-state index contributed by atoms with van der Waals surface area (Å²) in [6.07, 6.45) is 6.53. The molecule has 1 fully saturated rings. The number of hydrogen-bond acceptors (Lipinski definition) is 5. The van der Waals surface area contributed by atoms with E-state index < -0.39 is 29.2 Å². The second-order valence-corrected chi connectivity index (χ2v) is 8.31. The Kier molecular flexibility index (Phi) is 6.64. The molecule has 2 amide bonds. The molecule has 0 saturated heterocycles. The Morgan fingerprint density at radius 3 is 2.64 bits per heavy atom. The minimum Gasteiger partial charge on any atom is -0.389 e. The van der Waals surface area contributed by atoms with Crippen LogP contribution >= 0.6 is 0 Å². The van der Waals surface area contributed by atoms with Crippen LogP contribution in [0.25, 0.3) is 11.0 Å². The van der Waals surface area contributed by atoms with Crippen molar-refractivity contribution >= 4 is 22.8 Å². The van der Waals surface area contributed by atoms with E-state index in [9.17, 15) is 23.5 Å². The van der Waals surface area contributed by atoms with Crippen LogP contribution in [0.2, 0.25) is 0 Å². The fourth-order valence-electron chi connectivity index (χ4n) is 4.17. The molecular weight excluding hydrogens is 432 g/mol. The lowest BCUT2D eigenvalue weighted by molar-refractivity contribution is 0.0671. The van der Waals surface area contributed by atoms with Crippen LogP contribution in [0.5, 0.6) is 0 Å². The number of hydrogen-bond donors (Lipinski definition) is 2. The van der Waals surface area contributed by atoms with Gasteiger partial charge in [-0.25, -0.2) is 18.4 Å². The molecule has 0 radical (unpaired) electrons. The number of aliphatic hydroxyl groups is 1. The highest BCUT2D eigenvalue weighted by molar-refractivity contribution is 5.97. The minimum atomic E-state index is -1.14. The molecule has 1 atom stereocenters. The zero-order chi connectivity index (χ0) is 23.5. The molecule has 1 aliphatic rings. The van der Waals surface area contributed by atoms with Crippen LogP contribution in [0.3, 0.4) is 0 Å². The van der Waals surface area contributed by atoms with Gasteiger partial charge in [0.25, 0.3) is 11.8 Å². The Morgan fingerprint density at radius 1 is 1.24 bits per heavy atom. The molecule has 0 spiro atoms. The van der Waals surface area contributed by atoms with Crippen molar-refractivity contribution < 1.29 is 23.5 Å². The number of rotatable bonds is 7. The van der Waals surface area contributed by atoms with E-state index in [1.807, 2.05) is 4.68 Å². The SMILES string of the molecule is CN(CC(O)CNC(=O)c1c(F)cccc1F)C(=O)c1cnc2c(cnn2C2CCCC2)c1. The number of benzene rings is 1. The number of likely N-dealkylation sites (N-methyl/N-ethyl adjacent to an activating group) is 1. The van der Waals surface area contributed by atoms with Gasteiger partial charge in [-0.3, -0.25) is 9.59 Å². The molecule has 1 aliphatic carbocycles. The van der Waals surface area contributed by atoms with Crippen LogP contribution in [0.15, 0.2) is 36.7 Å². The van der Waals surface area contributed by atoms with Crippen LogP contribution < -0.4 is 5.32 Å². The Balaban J connectivity index is 1.36. The van der Waals surface area contributed by atoms with E-state index in [2.05, 4.69) is 15.4 Å². The number of pyridine rings is 1. The Labute approximate surface area is 189 Å². The Bertz CT molecular complexity index is 1160. The average Bonchev–Trinajstić information content (AvgIpc) is 3.46. The normalized spacial score (nSPS) is 15.0. The summed E-state index contributed by atoms with van der Waals surface area (Å²) in [6, 6.07) is 5.16. The Morgan fingerprint density at radius 2 is 1.94 bits per heavy atom. The third kappa shape index (κ3) is 4.85. The van der Waals surface area contributed by atoms with Crippen LogP contribution in [0, 0.1) is 11.6 Å². The van der Waals surface area contributed by atoms with Gasteiger partial charge in [-0.05, 0) is 31.0 Å². The van der Waals surface area contributed by atoms with Crippen molar-refractivity contribution in [3.05, 3.63) is 59.4 Å². The van der Waals surface area contributed by atoms with E-state index in [1.54, 1.807) is 12.3 Å². The summed E-state index contributed by atoms with van der Waals surface area (Å²) in [7, 11) is 1.51. The number of amides is 2. The van der Waals surface area contributed by atoms with E-state index in [1.165, 1.54) is 31.0 Å². The fraction of sp³-hybridized carbons (Fsp3) is 0.391.